The number of carbonyl (C=O) groups is 1. The first kappa shape index (κ1) is 23.9. The van der Waals surface area contributed by atoms with Crippen molar-refractivity contribution in [3.05, 3.63) is 11.8 Å². The van der Waals surface area contributed by atoms with E-state index in [2.05, 4.69) is 20.6 Å². The molecule has 1 amide bonds. The number of likely N-dealkylation sites (tertiary alicyclic amines) is 1. The molecule has 2 N–H and O–H groups in total. The van der Waals surface area contributed by atoms with Crippen molar-refractivity contribution in [2.24, 2.45) is 5.41 Å². The fourth-order valence-electron chi connectivity index (χ4n) is 4.29. The van der Waals surface area contributed by atoms with Crippen molar-refractivity contribution in [3.8, 4) is 0 Å². The lowest BCUT2D eigenvalue weighted by molar-refractivity contribution is -0.175. The molecule has 0 aromatic carbocycles. The first-order valence-electron chi connectivity index (χ1n) is 11.2. The molecule has 31 heavy (non-hydrogen) atoms. The van der Waals surface area contributed by atoms with E-state index in [1.54, 1.807) is 6.07 Å². The average Bonchev–Trinajstić information content (AvgIpc) is 3.24. The standard InChI is InChI=1S/C22H36F3N5O/c1-7-21(5,6)27-19(31)13-29-9-8-14(12-29)15-10-18-26-16(20(2,3)4)11-17(22(23,24)25)30(18)28-15/h10,14,16-17,26H,7-9,11-13H2,1-6H3,(H,27,31). The first-order chi connectivity index (χ1) is 14.2. The second-order valence-electron chi connectivity index (χ2n) is 10.8. The molecule has 6 nitrogen and oxygen atoms in total. The normalized spacial score (nSPS) is 25.3. The molecule has 3 atom stereocenters. The number of halogens is 3. The SMILES string of the molecule is CCC(C)(C)NC(=O)CN1CCC(c2cc3n(n2)C(C(F)(F)F)CC(C(C)(C)C)N3)C1. The summed E-state index contributed by atoms with van der Waals surface area (Å²) in [5.74, 6) is 0.432. The molecular weight excluding hydrogens is 407 g/mol. The van der Waals surface area contributed by atoms with E-state index in [1.807, 2.05) is 41.5 Å². The van der Waals surface area contributed by atoms with Crippen LogP contribution in [0.25, 0.3) is 0 Å². The number of nitrogens with one attached hydrogen (secondary N) is 2. The van der Waals surface area contributed by atoms with Crippen LogP contribution >= 0.6 is 0 Å². The lowest BCUT2D eigenvalue weighted by atomic mass is 9.82. The third kappa shape index (κ3) is 5.54. The predicted octanol–water partition coefficient (Wildman–Crippen LogP) is 4.31. The molecule has 0 bridgehead atoms. The molecule has 0 aliphatic carbocycles. The second-order valence-corrected chi connectivity index (χ2v) is 10.8. The van der Waals surface area contributed by atoms with E-state index >= 15 is 0 Å². The van der Waals surface area contributed by atoms with Crippen molar-refractivity contribution in [2.75, 3.05) is 25.0 Å². The Balaban J connectivity index is 1.72. The number of carbonyl (C=O) groups excluding carboxylic acids is 1. The van der Waals surface area contributed by atoms with Crippen molar-refractivity contribution >= 4 is 11.7 Å². The van der Waals surface area contributed by atoms with Crippen LogP contribution in [0.3, 0.4) is 0 Å². The van der Waals surface area contributed by atoms with Crippen molar-refractivity contribution in [1.82, 2.24) is 20.0 Å². The fourth-order valence-corrected chi connectivity index (χ4v) is 4.29. The summed E-state index contributed by atoms with van der Waals surface area (Å²) in [5.41, 5.74) is 0.118. The summed E-state index contributed by atoms with van der Waals surface area (Å²) in [6.45, 7) is 13.5. The van der Waals surface area contributed by atoms with E-state index in [9.17, 15) is 18.0 Å². The third-order valence-electron chi connectivity index (χ3n) is 6.67. The molecule has 1 aromatic rings. The lowest BCUT2D eigenvalue weighted by Crippen LogP contribution is -2.47. The van der Waals surface area contributed by atoms with Gasteiger partial charge in [0, 0.05) is 30.1 Å². The average molecular weight is 444 g/mol. The number of amides is 1. The Bertz CT molecular complexity index is 796. The summed E-state index contributed by atoms with van der Waals surface area (Å²) in [7, 11) is 0. The van der Waals surface area contributed by atoms with Gasteiger partial charge in [0.15, 0.2) is 6.04 Å². The molecule has 176 valence electrons. The van der Waals surface area contributed by atoms with E-state index in [1.165, 1.54) is 0 Å². The van der Waals surface area contributed by atoms with Gasteiger partial charge in [-0.3, -0.25) is 9.69 Å². The van der Waals surface area contributed by atoms with Gasteiger partial charge < -0.3 is 10.6 Å². The Morgan fingerprint density at radius 3 is 2.52 bits per heavy atom. The summed E-state index contributed by atoms with van der Waals surface area (Å²) in [5, 5.41) is 10.7. The summed E-state index contributed by atoms with van der Waals surface area (Å²) in [6.07, 6.45) is -2.77. The fraction of sp³-hybridized carbons (Fsp3) is 0.818. The monoisotopic (exact) mass is 443 g/mol. The van der Waals surface area contributed by atoms with Gasteiger partial charge in [0.2, 0.25) is 5.91 Å². The number of aromatic nitrogens is 2. The summed E-state index contributed by atoms with van der Waals surface area (Å²) < 4.78 is 42.5. The van der Waals surface area contributed by atoms with Crippen molar-refractivity contribution < 1.29 is 18.0 Å². The first-order valence-corrected chi connectivity index (χ1v) is 11.2. The molecule has 2 aliphatic rings. The largest absolute Gasteiger partial charge is 0.410 e. The van der Waals surface area contributed by atoms with Crippen LogP contribution in [0.2, 0.25) is 0 Å². The zero-order valence-corrected chi connectivity index (χ0v) is 19.4. The molecule has 1 fully saturated rings. The molecule has 1 aromatic heterocycles. The molecular formula is C22H36F3N5O. The quantitative estimate of drug-likeness (QED) is 0.712. The van der Waals surface area contributed by atoms with E-state index in [0.717, 1.165) is 24.1 Å². The van der Waals surface area contributed by atoms with Gasteiger partial charge in [-0.25, -0.2) is 4.68 Å². The molecule has 2 aliphatic heterocycles. The Labute approximate surface area is 182 Å². The number of fused-ring (bicyclic) bond motifs is 1. The Hall–Kier alpha value is -1.77. The minimum Gasteiger partial charge on any atom is -0.367 e. The zero-order chi connectivity index (χ0) is 23.2. The lowest BCUT2D eigenvalue weighted by Gasteiger charge is -2.39. The van der Waals surface area contributed by atoms with E-state index in [0.29, 0.717) is 24.6 Å². The minimum absolute atomic E-state index is 0.0221. The molecule has 1 saturated heterocycles. The van der Waals surface area contributed by atoms with Gasteiger partial charge in [0.05, 0.1) is 12.2 Å². The molecule has 3 rings (SSSR count). The Morgan fingerprint density at radius 1 is 1.26 bits per heavy atom. The number of nitrogens with zero attached hydrogens (tertiary/aromatic N) is 3. The number of hydrogen-bond donors (Lipinski definition) is 2. The Kier molecular flexibility index (Phi) is 6.39. The van der Waals surface area contributed by atoms with Gasteiger partial charge in [-0.1, -0.05) is 27.7 Å². The van der Waals surface area contributed by atoms with E-state index < -0.39 is 12.2 Å². The number of rotatable bonds is 5. The molecule has 0 saturated carbocycles. The molecule has 0 radical (unpaired) electrons. The highest BCUT2D eigenvalue weighted by molar-refractivity contribution is 5.78. The van der Waals surface area contributed by atoms with Crippen LogP contribution < -0.4 is 10.6 Å². The summed E-state index contributed by atoms with van der Waals surface area (Å²) in [4.78, 5) is 14.4. The van der Waals surface area contributed by atoms with Crippen LogP contribution in [0.5, 0.6) is 0 Å². The number of alkyl halides is 3. The predicted molar refractivity (Wildman–Crippen MR) is 115 cm³/mol. The molecule has 3 heterocycles. The Morgan fingerprint density at radius 2 is 1.94 bits per heavy atom. The van der Waals surface area contributed by atoms with Gasteiger partial charge in [-0.05, 0) is 45.1 Å². The van der Waals surface area contributed by atoms with Gasteiger partial charge in [0.25, 0.3) is 0 Å². The van der Waals surface area contributed by atoms with Crippen LogP contribution in [-0.2, 0) is 4.79 Å². The van der Waals surface area contributed by atoms with Crippen molar-refractivity contribution in [2.45, 2.75) is 90.5 Å². The maximum Gasteiger partial charge on any atom is 0.410 e. The number of hydrogen-bond acceptors (Lipinski definition) is 4. The highest BCUT2D eigenvalue weighted by atomic mass is 19.4. The van der Waals surface area contributed by atoms with Crippen LogP contribution in [-0.4, -0.2) is 58.0 Å². The highest BCUT2D eigenvalue weighted by Gasteiger charge is 2.48. The van der Waals surface area contributed by atoms with Crippen LogP contribution in [0.4, 0.5) is 19.0 Å². The van der Waals surface area contributed by atoms with Crippen LogP contribution in [0.1, 0.15) is 78.5 Å². The van der Waals surface area contributed by atoms with Gasteiger partial charge in [-0.15, -0.1) is 0 Å². The summed E-state index contributed by atoms with van der Waals surface area (Å²) in [6, 6.07) is -0.145. The molecule has 3 unspecified atom stereocenters. The molecule has 0 spiro atoms. The van der Waals surface area contributed by atoms with Crippen LogP contribution in [0, 0.1) is 5.41 Å². The maximum atomic E-state index is 13.8. The number of anilines is 1. The van der Waals surface area contributed by atoms with Crippen molar-refractivity contribution in [3.63, 3.8) is 0 Å². The van der Waals surface area contributed by atoms with E-state index in [4.69, 9.17) is 0 Å². The zero-order valence-electron chi connectivity index (χ0n) is 19.4. The van der Waals surface area contributed by atoms with Crippen LogP contribution in [0.15, 0.2) is 6.07 Å². The highest BCUT2D eigenvalue weighted by Crippen LogP contribution is 2.44. The van der Waals surface area contributed by atoms with Gasteiger partial charge >= 0.3 is 6.18 Å². The smallest absolute Gasteiger partial charge is 0.367 e. The maximum absolute atomic E-state index is 13.8. The molecule has 9 heteroatoms. The third-order valence-corrected chi connectivity index (χ3v) is 6.67. The van der Waals surface area contributed by atoms with Gasteiger partial charge in [-0.2, -0.15) is 18.3 Å². The van der Waals surface area contributed by atoms with Crippen molar-refractivity contribution in [1.29, 1.82) is 0 Å². The topological polar surface area (TPSA) is 62.2 Å². The van der Waals surface area contributed by atoms with Gasteiger partial charge in [0.1, 0.15) is 5.82 Å². The summed E-state index contributed by atoms with van der Waals surface area (Å²) >= 11 is 0. The van der Waals surface area contributed by atoms with E-state index in [-0.39, 0.29) is 35.2 Å². The second kappa shape index (κ2) is 8.30. The minimum atomic E-state index is -4.35.